The minimum Gasteiger partial charge on any atom is -0.480 e. The molecule has 4 aromatic rings. The first-order chi connectivity index (χ1) is 13.4. The number of hydrogen-bond donors (Lipinski definition) is 2. The number of imidazole rings is 1. The Morgan fingerprint density at radius 3 is 2.79 bits per heavy atom. The second-order valence-corrected chi connectivity index (χ2v) is 6.35. The molecule has 0 saturated carbocycles. The molecule has 28 heavy (non-hydrogen) atoms. The Bertz CT molecular complexity index is 1150. The lowest BCUT2D eigenvalue weighted by Crippen LogP contribution is -2.20. The lowest BCUT2D eigenvalue weighted by molar-refractivity contribution is -0.0627. The monoisotopic (exact) mass is 409 g/mol. The molecule has 0 radical (unpaired) electrons. The number of halogens is 3. The van der Waals surface area contributed by atoms with Crippen molar-refractivity contribution < 1.29 is 18.6 Å². The Balaban J connectivity index is 2.03. The number of fused-ring (bicyclic) bond motifs is 1. The number of aliphatic hydroxyl groups excluding tert-OH is 1. The first kappa shape index (κ1) is 18.3. The van der Waals surface area contributed by atoms with Crippen molar-refractivity contribution in [2.45, 2.75) is 5.92 Å². The highest BCUT2D eigenvalue weighted by Gasteiger charge is 2.36. The highest BCUT2D eigenvalue weighted by Crippen LogP contribution is 2.37. The van der Waals surface area contributed by atoms with Crippen LogP contribution in [0.4, 0.5) is 8.78 Å². The predicted octanol–water partition coefficient (Wildman–Crippen LogP) is 2.29. The third kappa shape index (κ3) is 2.70. The molecule has 4 heterocycles. The van der Waals surface area contributed by atoms with Gasteiger partial charge in [0.15, 0.2) is 11.6 Å². The molecule has 9 nitrogen and oxygen atoms in total. The summed E-state index contributed by atoms with van der Waals surface area (Å²) in [6.45, 7) is -1.39. The third-order valence-electron chi connectivity index (χ3n) is 4.27. The number of aryl methyl sites for hydroxylation is 1. The molecule has 0 amide bonds. The third-order valence-corrected chi connectivity index (χ3v) is 4.54. The number of pyridine rings is 1. The molecule has 4 aromatic heterocycles. The molecule has 146 valence electrons. The number of aromatic amines is 1. The van der Waals surface area contributed by atoms with Crippen LogP contribution in [0.5, 0.6) is 5.88 Å². The lowest BCUT2D eigenvalue weighted by Gasteiger charge is -2.08. The first-order valence-corrected chi connectivity index (χ1v) is 8.38. The number of ether oxygens (including phenoxy) is 1. The van der Waals surface area contributed by atoms with Crippen LogP contribution in [0.3, 0.4) is 0 Å². The SMILES string of the molecule is COc1nc2c(-n3ccnc3)c(-c3n[nH]c(C(F)(F)CO)n3)n(C)c2cc1Cl. The van der Waals surface area contributed by atoms with Gasteiger partial charge in [-0.15, -0.1) is 0 Å². The highest BCUT2D eigenvalue weighted by molar-refractivity contribution is 6.32. The average molecular weight is 410 g/mol. The molecule has 0 bridgehead atoms. The molecule has 0 atom stereocenters. The quantitative estimate of drug-likeness (QED) is 0.523. The summed E-state index contributed by atoms with van der Waals surface area (Å²) < 4.78 is 36.1. The Kier molecular flexibility index (Phi) is 4.27. The summed E-state index contributed by atoms with van der Waals surface area (Å²) in [7, 11) is 3.15. The van der Waals surface area contributed by atoms with Crippen LogP contribution in [0, 0.1) is 0 Å². The highest BCUT2D eigenvalue weighted by atomic mass is 35.5. The Labute approximate surface area is 161 Å². The van der Waals surface area contributed by atoms with Gasteiger partial charge in [-0.2, -0.15) is 13.9 Å². The van der Waals surface area contributed by atoms with Gasteiger partial charge in [0.2, 0.25) is 5.88 Å². The van der Waals surface area contributed by atoms with Crippen molar-refractivity contribution in [2.75, 3.05) is 13.7 Å². The van der Waals surface area contributed by atoms with Crippen molar-refractivity contribution >= 4 is 22.6 Å². The van der Waals surface area contributed by atoms with Crippen molar-refractivity contribution in [2.24, 2.45) is 7.05 Å². The molecule has 4 rings (SSSR count). The fourth-order valence-electron chi connectivity index (χ4n) is 2.92. The maximum absolute atomic E-state index is 13.8. The number of aromatic nitrogens is 7. The zero-order valence-corrected chi connectivity index (χ0v) is 15.4. The van der Waals surface area contributed by atoms with Crippen LogP contribution in [0.25, 0.3) is 28.2 Å². The van der Waals surface area contributed by atoms with Crippen molar-refractivity contribution in [3.63, 3.8) is 0 Å². The predicted molar refractivity (Wildman–Crippen MR) is 95.8 cm³/mol. The van der Waals surface area contributed by atoms with E-state index in [9.17, 15) is 8.78 Å². The molecular formula is C16H14ClF2N7O2. The molecular weight excluding hydrogens is 396 g/mol. The van der Waals surface area contributed by atoms with Gasteiger partial charge in [0, 0.05) is 19.4 Å². The Morgan fingerprint density at radius 1 is 1.36 bits per heavy atom. The summed E-state index contributed by atoms with van der Waals surface area (Å²) in [5, 5.41) is 15.3. The minimum absolute atomic E-state index is 0.00224. The van der Waals surface area contributed by atoms with Gasteiger partial charge in [-0.25, -0.2) is 15.0 Å². The first-order valence-electron chi connectivity index (χ1n) is 8.00. The zero-order valence-electron chi connectivity index (χ0n) is 14.7. The average Bonchev–Trinajstić information content (AvgIpc) is 3.41. The summed E-state index contributed by atoms with van der Waals surface area (Å²) in [4.78, 5) is 12.4. The lowest BCUT2D eigenvalue weighted by atomic mass is 10.3. The van der Waals surface area contributed by atoms with E-state index >= 15 is 0 Å². The van der Waals surface area contributed by atoms with Crippen LogP contribution >= 0.6 is 11.6 Å². The topological polar surface area (TPSA) is 107 Å². The Hall–Kier alpha value is -3.05. The second-order valence-electron chi connectivity index (χ2n) is 5.94. The van der Waals surface area contributed by atoms with Gasteiger partial charge in [0.1, 0.15) is 28.5 Å². The summed E-state index contributed by atoms with van der Waals surface area (Å²) >= 11 is 6.21. The molecule has 0 fully saturated rings. The maximum Gasteiger partial charge on any atom is 0.328 e. The number of rotatable bonds is 5. The van der Waals surface area contributed by atoms with E-state index in [2.05, 4.69) is 25.1 Å². The van der Waals surface area contributed by atoms with Crippen molar-refractivity contribution in [1.82, 2.24) is 34.3 Å². The number of nitrogens with zero attached hydrogens (tertiary/aromatic N) is 6. The van der Waals surface area contributed by atoms with E-state index < -0.39 is 18.4 Å². The van der Waals surface area contributed by atoms with E-state index in [-0.39, 0.29) is 11.7 Å². The van der Waals surface area contributed by atoms with Crippen LogP contribution in [-0.2, 0) is 13.0 Å². The van der Waals surface area contributed by atoms with E-state index in [4.69, 9.17) is 21.4 Å². The van der Waals surface area contributed by atoms with Crippen LogP contribution in [-0.4, -0.2) is 53.1 Å². The maximum atomic E-state index is 13.8. The van der Waals surface area contributed by atoms with E-state index in [0.717, 1.165) is 0 Å². The van der Waals surface area contributed by atoms with Crippen molar-refractivity contribution in [1.29, 1.82) is 0 Å². The number of aliphatic hydroxyl groups is 1. The molecule has 0 aliphatic rings. The van der Waals surface area contributed by atoms with Gasteiger partial charge in [0.25, 0.3) is 0 Å². The second kappa shape index (κ2) is 6.53. The smallest absolute Gasteiger partial charge is 0.328 e. The van der Waals surface area contributed by atoms with Crippen LogP contribution in [0.1, 0.15) is 5.82 Å². The van der Waals surface area contributed by atoms with E-state index in [0.29, 0.717) is 27.4 Å². The summed E-state index contributed by atoms with van der Waals surface area (Å²) in [5.74, 6) is -4.07. The van der Waals surface area contributed by atoms with Crippen molar-refractivity contribution in [3.8, 4) is 23.1 Å². The summed E-state index contributed by atoms with van der Waals surface area (Å²) in [6.07, 6.45) is 4.78. The standard InChI is InChI=1S/C16H14ClF2N7O2/c1-25-9-5-8(17)14(28-2)21-10(9)11(26-4-3-20-7-26)12(25)13-22-15(24-23-13)16(18,19)6-27/h3-5,7,27H,6H2,1-2H3,(H,22,23,24). The Morgan fingerprint density at radius 2 is 2.14 bits per heavy atom. The van der Waals surface area contributed by atoms with Gasteiger partial charge >= 0.3 is 5.92 Å². The van der Waals surface area contributed by atoms with Gasteiger partial charge in [-0.3, -0.25) is 5.10 Å². The van der Waals surface area contributed by atoms with E-state index in [1.165, 1.54) is 13.4 Å². The van der Waals surface area contributed by atoms with Crippen LogP contribution < -0.4 is 4.74 Å². The summed E-state index contributed by atoms with van der Waals surface area (Å²) in [5.41, 5.74) is 2.03. The van der Waals surface area contributed by atoms with Gasteiger partial charge in [-0.05, 0) is 6.07 Å². The molecule has 0 aliphatic carbocycles. The van der Waals surface area contributed by atoms with Crippen LogP contribution in [0.2, 0.25) is 5.02 Å². The normalized spacial score (nSPS) is 12.1. The van der Waals surface area contributed by atoms with Crippen molar-refractivity contribution in [3.05, 3.63) is 35.6 Å². The minimum atomic E-state index is -3.55. The molecule has 0 aliphatic heterocycles. The van der Waals surface area contributed by atoms with E-state index in [1.54, 1.807) is 34.6 Å². The molecule has 0 unspecified atom stereocenters. The molecule has 2 N–H and O–H groups in total. The zero-order chi connectivity index (χ0) is 20.1. The van der Waals surface area contributed by atoms with Gasteiger partial charge in [0.05, 0.1) is 19.0 Å². The largest absolute Gasteiger partial charge is 0.480 e. The fraction of sp³-hybridized carbons (Fsp3) is 0.250. The van der Waals surface area contributed by atoms with Crippen LogP contribution in [0.15, 0.2) is 24.8 Å². The summed E-state index contributed by atoms with van der Waals surface area (Å²) in [6, 6.07) is 1.66. The number of alkyl halides is 2. The molecule has 0 aromatic carbocycles. The number of nitrogens with one attached hydrogen (secondary N) is 1. The van der Waals surface area contributed by atoms with Gasteiger partial charge in [-0.1, -0.05) is 11.6 Å². The molecule has 12 heteroatoms. The van der Waals surface area contributed by atoms with E-state index in [1.807, 2.05) is 0 Å². The molecule has 0 saturated heterocycles. The van der Waals surface area contributed by atoms with Gasteiger partial charge < -0.3 is 19.0 Å². The fourth-order valence-corrected chi connectivity index (χ4v) is 3.15. The molecule has 0 spiro atoms. The number of hydrogen-bond acceptors (Lipinski definition) is 6. The number of methoxy groups -OCH3 is 1. The number of H-pyrrole nitrogens is 1.